The number of nitrogen functional groups attached to an aromatic ring is 1. The van der Waals surface area contributed by atoms with Gasteiger partial charge in [0.25, 0.3) is 0 Å². The highest BCUT2D eigenvalue weighted by atomic mass is 127. The second-order valence-electron chi connectivity index (χ2n) is 4.70. The summed E-state index contributed by atoms with van der Waals surface area (Å²) in [7, 11) is 0. The van der Waals surface area contributed by atoms with Gasteiger partial charge in [-0.2, -0.15) is 0 Å². The number of nitrogens with zero attached hydrogens (tertiary/aromatic N) is 2. The molecule has 0 aliphatic rings. The van der Waals surface area contributed by atoms with Crippen LogP contribution in [0.3, 0.4) is 0 Å². The Hall–Kier alpha value is -1.27. The van der Waals surface area contributed by atoms with Gasteiger partial charge in [-0.15, -0.1) is 0 Å². The van der Waals surface area contributed by atoms with E-state index in [1.807, 2.05) is 30.3 Å². The summed E-state index contributed by atoms with van der Waals surface area (Å²) in [6.45, 7) is 2.11. The minimum atomic E-state index is 0.109. The fourth-order valence-corrected chi connectivity index (χ4v) is 2.99. The van der Waals surface area contributed by atoms with Crippen LogP contribution < -0.4 is 5.73 Å². The highest BCUT2D eigenvalue weighted by Crippen LogP contribution is 2.28. The number of hydrogen-bond acceptors (Lipinski definition) is 2. The van der Waals surface area contributed by atoms with E-state index in [-0.39, 0.29) is 6.04 Å². The third-order valence-electron chi connectivity index (χ3n) is 3.42. The van der Waals surface area contributed by atoms with E-state index in [9.17, 15) is 0 Å². The normalized spacial score (nSPS) is 12.8. The van der Waals surface area contributed by atoms with Crippen LogP contribution >= 0.6 is 34.2 Å². The largest absolute Gasteiger partial charge is 0.369 e. The van der Waals surface area contributed by atoms with Gasteiger partial charge in [0.05, 0.1) is 17.1 Å². The fourth-order valence-electron chi connectivity index (χ4n) is 2.39. The smallest absolute Gasteiger partial charge is 0.201 e. The zero-order valence-corrected chi connectivity index (χ0v) is 13.8. The molecule has 0 spiro atoms. The van der Waals surface area contributed by atoms with Crippen molar-refractivity contribution in [1.29, 1.82) is 0 Å². The van der Waals surface area contributed by atoms with Crippen molar-refractivity contribution in [2.75, 3.05) is 5.73 Å². The predicted molar refractivity (Wildman–Crippen MR) is 92.1 cm³/mol. The standard InChI is InChI=1S/C15H13ClIN3/c1-9(10-2-4-11(16)5-3-10)20-14-7-6-12(17)8-13(14)19-15(20)18/h2-9H,1H3,(H2,18,19). The number of fused-ring (bicyclic) bond motifs is 1. The van der Waals surface area contributed by atoms with Crippen molar-refractivity contribution in [3.63, 3.8) is 0 Å². The van der Waals surface area contributed by atoms with Crippen LogP contribution in [0.2, 0.25) is 5.02 Å². The van der Waals surface area contributed by atoms with Crippen LogP contribution in [-0.4, -0.2) is 9.55 Å². The summed E-state index contributed by atoms with van der Waals surface area (Å²) in [6.07, 6.45) is 0. The van der Waals surface area contributed by atoms with Crippen LogP contribution in [0.4, 0.5) is 5.95 Å². The third kappa shape index (κ3) is 2.38. The Morgan fingerprint density at radius 2 is 1.90 bits per heavy atom. The second-order valence-corrected chi connectivity index (χ2v) is 6.38. The van der Waals surface area contributed by atoms with Gasteiger partial charge in [-0.25, -0.2) is 4.98 Å². The first kappa shape index (κ1) is 13.7. The molecular formula is C15H13ClIN3. The zero-order valence-electron chi connectivity index (χ0n) is 10.8. The summed E-state index contributed by atoms with van der Waals surface area (Å²) in [5, 5.41) is 0.735. The molecule has 1 heterocycles. The van der Waals surface area contributed by atoms with Crippen LogP contribution in [-0.2, 0) is 0 Å². The maximum absolute atomic E-state index is 6.09. The van der Waals surface area contributed by atoms with E-state index in [0.29, 0.717) is 5.95 Å². The lowest BCUT2D eigenvalue weighted by molar-refractivity contribution is 0.668. The van der Waals surface area contributed by atoms with Gasteiger partial charge in [0.15, 0.2) is 0 Å². The summed E-state index contributed by atoms with van der Waals surface area (Å²) in [5.41, 5.74) is 9.22. The monoisotopic (exact) mass is 397 g/mol. The number of aromatic nitrogens is 2. The lowest BCUT2D eigenvalue weighted by Crippen LogP contribution is -2.10. The number of rotatable bonds is 2. The molecule has 0 saturated heterocycles. The molecule has 0 aliphatic heterocycles. The molecule has 5 heteroatoms. The molecule has 3 nitrogen and oxygen atoms in total. The first-order valence-corrected chi connectivity index (χ1v) is 7.70. The highest BCUT2D eigenvalue weighted by Gasteiger charge is 2.15. The number of imidazole rings is 1. The molecule has 0 saturated carbocycles. The lowest BCUT2D eigenvalue weighted by atomic mass is 10.1. The number of benzene rings is 2. The summed E-state index contributed by atoms with van der Waals surface area (Å²) < 4.78 is 3.20. The van der Waals surface area contributed by atoms with E-state index in [1.165, 1.54) is 0 Å². The molecule has 2 N–H and O–H groups in total. The average molecular weight is 398 g/mol. The Kier molecular flexibility index (Phi) is 3.60. The van der Waals surface area contributed by atoms with Crippen molar-refractivity contribution < 1.29 is 0 Å². The lowest BCUT2D eigenvalue weighted by Gasteiger charge is -2.16. The van der Waals surface area contributed by atoms with Crippen LogP contribution in [0.15, 0.2) is 42.5 Å². The Bertz CT molecular complexity index is 765. The molecule has 0 radical (unpaired) electrons. The van der Waals surface area contributed by atoms with Crippen molar-refractivity contribution in [2.45, 2.75) is 13.0 Å². The Labute approximate surface area is 135 Å². The van der Waals surface area contributed by atoms with E-state index in [2.05, 4.69) is 51.2 Å². The minimum absolute atomic E-state index is 0.109. The van der Waals surface area contributed by atoms with Gasteiger partial charge in [-0.1, -0.05) is 23.7 Å². The van der Waals surface area contributed by atoms with Gasteiger partial charge in [0.2, 0.25) is 5.95 Å². The predicted octanol–water partition coefficient (Wildman–Crippen LogP) is 4.49. The minimum Gasteiger partial charge on any atom is -0.369 e. The van der Waals surface area contributed by atoms with E-state index in [4.69, 9.17) is 17.3 Å². The summed E-state index contributed by atoms with van der Waals surface area (Å²) in [6, 6.07) is 14.1. The molecule has 3 aromatic rings. The zero-order chi connectivity index (χ0) is 14.3. The van der Waals surface area contributed by atoms with E-state index >= 15 is 0 Å². The van der Waals surface area contributed by atoms with Gasteiger partial charge in [0, 0.05) is 8.59 Å². The first-order valence-electron chi connectivity index (χ1n) is 6.24. The van der Waals surface area contributed by atoms with Crippen molar-refractivity contribution >= 4 is 51.2 Å². The molecule has 3 rings (SSSR count). The van der Waals surface area contributed by atoms with Gasteiger partial charge >= 0.3 is 0 Å². The number of nitrogens with two attached hydrogens (primary N) is 1. The topological polar surface area (TPSA) is 43.8 Å². The van der Waals surface area contributed by atoms with Gasteiger partial charge < -0.3 is 10.3 Å². The molecule has 102 valence electrons. The molecule has 0 amide bonds. The molecule has 20 heavy (non-hydrogen) atoms. The molecule has 1 atom stereocenters. The molecule has 0 fully saturated rings. The van der Waals surface area contributed by atoms with E-state index in [1.54, 1.807) is 0 Å². The highest BCUT2D eigenvalue weighted by molar-refractivity contribution is 14.1. The summed E-state index contributed by atoms with van der Waals surface area (Å²) >= 11 is 8.22. The number of hydrogen-bond donors (Lipinski definition) is 1. The van der Waals surface area contributed by atoms with E-state index in [0.717, 1.165) is 25.2 Å². The molecular weight excluding hydrogens is 385 g/mol. The SMILES string of the molecule is CC(c1ccc(Cl)cc1)n1c(N)nc2cc(I)ccc21. The average Bonchev–Trinajstić information content (AvgIpc) is 2.73. The maximum Gasteiger partial charge on any atom is 0.201 e. The van der Waals surface area contributed by atoms with Gasteiger partial charge in [-0.05, 0) is 65.4 Å². The fraction of sp³-hybridized carbons (Fsp3) is 0.133. The first-order chi connectivity index (χ1) is 9.56. The van der Waals surface area contributed by atoms with Crippen LogP contribution in [0.25, 0.3) is 11.0 Å². The van der Waals surface area contributed by atoms with Crippen LogP contribution in [0, 0.1) is 3.57 Å². The number of anilines is 1. The summed E-state index contributed by atoms with van der Waals surface area (Å²) in [4.78, 5) is 4.45. The third-order valence-corrected chi connectivity index (χ3v) is 4.34. The second kappa shape index (κ2) is 5.26. The Morgan fingerprint density at radius 1 is 1.20 bits per heavy atom. The quantitative estimate of drug-likeness (QED) is 0.648. The van der Waals surface area contributed by atoms with Gasteiger partial charge in [0.1, 0.15) is 0 Å². The molecule has 0 bridgehead atoms. The Morgan fingerprint density at radius 3 is 2.60 bits per heavy atom. The molecule has 0 aliphatic carbocycles. The van der Waals surface area contributed by atoms with Crippen molar-refractivity contribution in [2.24, 2.45) is 0 Å². The van der Waals surface area contributed by atoms with Crippen molar-refractivity contribution in [3.8, 4) is 0 Å². The summed E-state index contributed by atoms with van der Waals surface area (Å²) in [5.74, 6) is 0.532. The van der Waals surface area contributed by atoms with Crippen molar-refractivity contribution in [3.05, 3.63) is 56.6 Å². The molecule has 1 aromatic heterocycles. The Balaban J connectivity index is 2.13. The van der Waals surface area contributed by atoms with Gasteiger partial charge in [-0.3, -0.25) is 0 Å². The van der Waals surface area contributed by atoms with Crippen molar-refractivity contribution in [1.82, 2.24) is 9.55 Å². The van der Waals surface area contributed by atoms with Crippen LogP contribution in [0.1, 0.15) is 18.5 Å². The molecule has 1 unspecified atom stereocenters. The maximum atomic E-state index is 6.09. The van der Waals surface area contributed by atoms with Crippen LogP contribution in [0.5, 0.6) is 0 Å². The van der Waals surface area contributed by atoms with E-state index < -0.39 is 0 Å². The number of halogens is 2. The molecule has 2 aromatic carbocycles.